The topological polar surface area (TPSA) is 100.0 Å². The van der Waals surface area contributed by atoms with Gasteiger partial charge in [0.05, 0.1) is 45.7 Å². The summed E-state index contributed by atoms with van der Waals surface area (Å²) in [6.07, 6.45) is -1.63. The van der Waals surface area contributed by atoms with Crippen LogP contribution in [0.2, 0.25) is 10.0 Å². The molecule has 0 aliphatic rings. The third-order valence-corrected chi connectivity index (χ3v) is 9.22. The molecule has 0 saturated carbocycles. The number of carbonyl (C=O) groups excluding carboxylic acids is 1. The predicted octanol–water partition coefficient (Wildman–Crippen LogP) is 8.09. The smallest absolute Gasteiger partial charge is 0.333 e. The van der Waals surface area contributed by atoms with E-state index in [1.165, 1.54) is 12.1 Å². The lowest BCUT2D eigenvalue weighted by Gasteiger charge is -2.38. The van der Waals surface area contributed by atoms with Gasteiger partial charge in [-0.25, -0.2) is 4.98 Å². The number of nitriles is 1. The molecule has 4 rings (SSSR count). The summed E-state index contributed by atoms with van der Waals surface area (Å²) in [5.41, 5.74) is 8.91. The number of benzene rings is 3. The third-order valence-electron chi connectivity index (χ3n) is 8.02. The molecular weight excluding hydrogens is 668 g/mol. The number of Topliss-reactive ketones (excluding diaryl/α,β-unsaturated/α-hetero) is 1. The average molecular weight is 702 g/mol. The Balaban J connectivity index is 1.64. The molecule has 4 aromatic rings. The van der Waals surface area contributed by atoms with Gasteiger partial charge >= 0.3 is 6.18 Å². The van der Waals surface area contributed by atoms with Gasteiger partial charge < -0.3 is 20.5 Å². The van der Waals surface area contributed by atoms with Gasteiger partial charge in [-0.15, -0.1) is 0 Å². The number of rotatable bonds is 12. The van der Waals surface area contributed by atoms with Crippen molar-refractivity contribution in [3.8, 4) is 6.07 Å². The fourth-order valence-electron chi connectivity index (χ4n) is 5.24. The van der Waals surface area contributed by atoms with E-state index in [-0.39, 0.29) is 40.5 Å². The second kappa shape index (κ2) is 15.8. The summed E-state index contributed by atoms with van der Waals surface area (Å²) in [7, 11) is 0. The Morgan fingerprint density at radius 1 is 1.15 bits per heavy atom. The van der Waals surface area contributed by atoms with Crippen molar-refractivity contribution in [1.29, 1.82) is 5.26 Å². The number of nitrogens with two attached hydrogens (primary N) is 1. The SMILES string of the molecule is CC[C@H](C)[C@H](C(=O)Cc1cncn1Cc1ccc(C#N)cc1)C(N)N(Cc1cccc(Cl)c1Cl)C(=S)Nc1cccc(C(F)(F)F)c1. The second-order valence-electron chi connectivity index (χ2n) is 11.2. The number of hydrogen-bond acceptors (Lipinski definition) is 5. The van der Waals surface area contributed by atoms with E-state index in [0.29, 0.717) is 34.8 Å². The maximum atomic E-state index is 14.1. The lowest BCUT2D eigenvalue weighted by atomic mass is 9.83. The van der Waals surface area contributed by atoms with Crippen molar-refractivity contribution in [3.05, 3.63) is 117 Å². The lowest BCUT2D eigenvalue weighted by molar-refractivity contribution is -0.137. The van der Waals surface area contributed by atoms with Crippen LogP contribution < -0.4 is 11.1 Å². The predicted molar refractivity (Wildman–Crippen MR) is 182 cm³/mol. The van der Waals surface area contributed by atoms with Crippen LogP contribution in [0.5, 0.6) is 0 Å². The first-order valence-electron chi connectivity index (χ1n) is 14.8. The van der Waals surface area contributed by atoms with Crippen molar-refractivity contribution in [2.24, 2.45) is 17.6 Å². The zero-order chi connectivity index (χ0) is 34.3. The molecule has 3 N–H and O–H groups in total. The minimum atomic E-state index is -4.55. The molecule has 0 aliphatic carbocycles. The fourth-order valence-corrected chi connectivity index (χ4v) is 5.93. The summed E-state index contributed by atoms with van der Waals surface area (Å²) in [6.45, 7) is 4.34. The number of nitrogens with zero attached hydrogens (tertiary/aromatic N) is 4. The van der Waals surface area contributed by atoms with Crippen LogP contribution in [0.25, 0.3) is 0 Å². The number of anilines is 1. The number of thiocarbonyl (C=S) groups is 1. The van der Waals surface area contributed by atoms with Crippen molar-refractivity contribution in [3.63, 3.8) is 0 Å². The molecule has 0 spiro atoms. The van der Waals surface area contributed by atoms with Gasteiger partial charge in [0.1, 0.15) is 5.78 Å². The third kappa shape index (κ3) is 9.11. The van der Waals surface area contributed by atoms with Crippen LogP contribution in [0.4, 0.5) is 18.9 Å². The van der Waals surface area contributed by atoms with Crippen LogP contribution in [-0.4, -0.2) is 31.5 Å². The lowest BCUT2D eigenvalue weighted by Crippen LogP contribution is -2.55. The van der Waals surface area contributed by atoms with Gasteiger partial charge in [0.25, 0.3) is 0 Å². The van der Waals surface area contributed by atoms with Crippen molar-refractivity contribution >= 4 is 52.0 Å². The summed E-state index contributed by atoms with van der Waals surface area (Å²) in [4.78, 5) is 20.0. The van der Waals surface area contributed by atoms with Gasteiger partial charge in [-0.05, 0) is 65.7 Å². The first kappa shape index (κ1) is 35.9. The highest BCUT2D eigenvalue weighted by atomic mass is 35.5. The normalized spacial score (nSPS) is 13.3. The number of ketones is 1. The monoisotopic (exact) mass is 700 g/mol. The summed E-state index contributed by atoms with van der Waals surface area (Å²) >= 11 is 18.5. The molecule has 0 radical (unpaired) electrons. The van der Waals surface area contributed by atoms with Gasteiger partial charge in [0.2, 0.25) is 0 Å². The number of aromatic nitrogens is 2. The highest BCUT2D eigenvalue weighted by Crippen LogP contribution is 2.32. The van der Waals surface area contributed by atoms with E-state index in [0.717, 1.165) is 17.7 Å². The van der Waals surface area contributed by atoms with E-state index >= 15 is 0 Å². The zero-order valence-corrected chi connectivity index (χ0v) is 28.0. The standard InChI is InChI=1S/C34H33Cl2F3N6OS/c1-3-21(2)30(29(46)15-27-17-42-20-44(27)18-23-12-10-22(16-40)11-13-23)32(41)45(19-24-6-4-9-28(35)31(24)36)33(47)43-26-8-5-7-25(14-26)34(37,38)39/h4-14,17,20-21,30,32H,3,15,18-19,41H2,1-2H3,(H,43,47)/t21-,30+,32?/m0/s1. The number of nitrogens with one attached hydrogen (secondary N) is 1. The van der Waals surface area contributed by atoms with Crippen molar-refractivity contribution in [2.75, 3.05) is 5.32 Å². The van der Waals surface area contributed by atoms with Gasteiger partial charge in [0.15, 0.2) is 5.11 Å². The second-order valence-corrected chi connectivity index (χ2v) is 12.4. The Morgan fingerprint density at radius 2 is 1.85 bits per heavy atom. The molecule has 47 heavy (non-hydrogen) atoms. The van der Waals surface area contributed by atoms with E-state index in [4.69, 9.17) is 46.4 Å². The molecule has 0 amide bonds. The maximum Gasteiger partial charge on any atom is 0.416 e. The molecule has 0 saturated heterocycles. The van der Waals surface area contributed by atoms with Crippen LogP contribution in [-0.2, 0) is 30.5 Å². The molecule has 1 heterocycles. The Bertz CT molecular complexity index is 1760. The summed E-state index contributed by atoms with van der Waals surface area (Å²) in [5, 5.41) is 12.6. The quantitative estimate of drug-likeness (QED) is 0.114. The van der Waals surface area contributed by atoms with E-state index in [2.05, 4.69) is 16.4 Å². The molecule has 3 atom stereocenters. The van der Waals surface area contributed by atoms with Crippen molar-refractivity contribution in [2.45, 2.75) is 52.1 Å². The van der Waals surface area contributed by atoms with E-state index in [1.54, 1.807) is 47.8 Å². The molecule has 1 unspecified atom stereocenters. The molecule has 0 fully saturated rings. The van der Waals surface area contributed by atoms with Crippen LogP contribution in [0.15, 0.2) is 79.3 Å². The van der Waals surface area contributed by atoms with Gasteiger partial charge in [-0.1, -0.05) is 73.8 Å². The summed E-state index contributed by atoms with van der Waals surface area (Å²) < 4.78 is 42.2. The van der Waals surface area contributed by atoms with E-state index in [1.807, 2.05) is 30.5 Å². The number of hydrogen-bond donors (Lipinski definition) is 2. The first-order valence-corrected chi connectivity index (χ1v) is 15.9. The summed E-state index contributed by atoms with van der Waals surface area (Å²) in [5.74, 6) is -1.09. The molecular formula is C34H33Cl2F3N6OS. The Labute approximate surface area is 287 Å². The average Bonchev–Trinajstić information content (AvgIpc) is 3.47. The minimum absolute atomic E-state index is 0.0137. The number of carbonyl (C=O) groups is 1. The van der Waals surface area contributed by atoms with Gasteiger partial charge in [0, 0.05) is 37.1 Å². The molecule has 246 valence electrons. The van der Waals surface area contributed by atoms with Crippen LogP contribution in [0, 0.1) is 23.2 Å². The van der Waals surface area contributed by atoms with Crippen LogP contribution >= 0.6 is 35.4 Å². The van der Waals surface area contributed by atoms with Gasteiger partial charge in [-0.3, -0.25) is 4.79 Å². The minimum Gasteiger partial charge on any atom is -0.333 e. The number of imidazole rings is 1. The molecule has 1 aromatic heterocycles. The zero-order valence-electron chi connectivity index (χ0n) is 25.6. The van der Waals surface area contributed by atoms with Gasteiger partial charge in [-0.2, -0.15) is 18.4 Å². The van der Waals surface area contributed by atoms with E-state index in [9.17, 15) is 18.0 Å². The number of alkyl halides is 3. The summed E-state index contributed by atoms with van der Waals surface area (Å²) in [6, 6.07) is 19.0. The van der Waals surface area contributed by atoms with Crippen LogP contribution in [0.3, 0.4) is 0 Å². The first-order chi connectivity index (χ1) is 22.3. The highest BCUT2D eigenvalue weighted by Gasteiger charge is 2.36. The molecule has 0 aliphatic heterocycles. The largest absolute Gasteiger partial charge is 0.416 e. The van der Waals surface area contributed by atoms with Crippen molar-refractivity contribution in [1.82, 2.24) is 14.5 Å². The number of halogens is 5. The van der Waals surface area contributed by atoms with E-state index < -0.39 is 23.8 Å². The maximum absolute atomic E-state index is 14.1. The van der Waals surface area contributed by atoms with Crippen molar-refractivity contribution < 1.29 is 18.0 Å². The van der Waals surface area contributed by atoms with Crippen LogP contribution in [0.1, 0.15) is 48.2 Å². The Kier molecular flexibility index (Phi) is 12.0. The molecule has 0 bridgehead atoms. The highest BCUT2D eigenvalue weighted by molar-refractivity contribution is 7.80. The fraction of sp³-hybridized carbons (Fsp3) is 0.294. The Morgan fingerprint density at radius 3 is 2.51 bits per heavy atom. The molecule has 7 nitrogen and oxygen atoms in total. The Hall–Kier alpha value is -3.95. The molecule has 13 heteroatoms. The molecule has 3 aromatic carbocycles.